The van der Waals surface area contributed by atoms with Crippen LogP contribution >= 0.6 is 0 Å². The molecule has 0 aromatic heterocycles. The molecule has 0 aliphatic carbocycles. The topological polar surface area (TPSA) is 52.6 Å². The van der Waals surface area contributed by atoms with Crippen molar-refractivity contribution in [3.8, 4) is 0 Å². The first kappa shape index (κ1) is 11.4. The van der Waals surface area contributed by atoms with Gasteiger partial charge in [0.05, 0.1) is 13.7 Å². The van der Waals surface area contributed by atoms with Crippen molar-refractivity contribution >= 4 is 11.8 Å². The number of carbonyl (C=O) groups excluding carboxylic acids is 2. The number of benzene rings is 1. The molecule has 4 nitrogen and oxygen atoms in total. The SMILES string of the molecule is COCc1ccc(C(=O)C(=O)OC)cc1. The third-order valence-electron chi connectivity index (χ3n) is 1.90. The maximum atomic E-state index is 11.3. The molecule has 4 heteroatoms. The average molecular weight is 208 g/mol. The fourth-order valence-electron chi connectivity index (χ4n) is 1.13. The molecule has 0 fully saturated rings. The molecule has 0 saturated heterocycles. The molecular weight excluding hydrogens is 196 g/mol. The lowest BCUT2D eigenvalue weighted by Crippen LogP contribution is -2.15. The zero-order chi connectivity index (χ0) is 11.3. The van der Waals surface area contributed by atoms with Crippen LogP contribution in [0, 0.1) is 0 Å². The molecule has 1 aromatic rings. The zero-order valence-corrected chi connectivity index (χ0v) is 8.65. The van der Waals surface area contributed by atoms with E-state index in [1.54, 1.807) is 31.4 Å². The van der Waals surface area contributed by atoms with E-state index < -0.39 is 11.8 Å². The van der Waals surface area contributed by atoms with Gasteiger partial charge in [0.15, 0.2) is 0 Å². The molecule has 0 unspecified atom stereocenters. The Morgan fingerprint density at radius 3 is 2.20 bits per heavy atom. The van der Waals surface area contributed by atoms with Crippen LogP contribution < -0.4 is 0 Å². The second kappa shape index (κ2) is 5.26. The highest BCUT2D eigenvalue weighted by Gasteiger charge is 2.15. The van der Waals surface area contributed by atoms with Crippen molar-refractivity contribution < 1.29 is 19.1 Å². The van der Waals surface area contributed by atoms with Crippen LogP contribution in [0.15, 0.2) is 24.3 Å². The summed E-state index contributed by atoms with van der Waals surface area (Å²) in [6.07, 6.45) is 0. The molecule has 0 amide bonds. The predicted molar refractivity (Wildman–Crippen MR) is 53.5 cm³/mol. The number of hydrogen-bond donors (Lipinski definition) is 0. The Hall–Kier alpha value is -1.68. The number of rotatable bonds is 4. The van der Waals surface area contributed by atoms with Gasteiger partial charge >= 0.3 is 5.97 Å². The van der Waals surface area contributed by atoms with Gasteiger partial charge in [-0.2, -0.15) is 0 Å². The van der Waals surface area contributed by atoms with E-state index in [4.69, 9.17) is 4.74 Å². The fourth-order valence-corrected chi connectivity index (χ4v) is 1.13. The summed E-state index contributed by atoms with van der Waals surface area (Å²) in [6, 6.07) is 6.63. The van der Waals surface area contributed by atoms with Gasteiger partial charge in [-0.15, -0.1) is 0 Å². The minimum atomic E-state index is -0.852. The highest BCUT2D eigenvalue weighted by Crippen LogP contribution is 2.06. The number of carbonyl (C=O) groups is 2. The molecule has 15 heavy (non-hydrogen) atoms. The highest BCUT2D eigenvalue weighted by molar-refractivity contribution is 6.40. The van der Waals surface area contributed by atoms with Crippen LogP contribution in [-0.4, -0.2) is 26.0 Å². The minimum absolute atomic E-state index is 0.321. The molecule has 1 rings (SSSR count). The summed E-state index contributed by atoms with van der Waals surface area (Å²) in [4.78, 5) is 22.3. The Morgan fingerprint density at radius 1 is 1.13 bits per heavy atom. The van der Waals surface area contributed by atoms with Crippen LogP contribution in [-0.2, 0) is 20.9 Å². The lowest BCUT2D eigenvalue weighted by Gasteiger charge is -2.01. The number of ether oxygens (including phenoxy) is 2. The molecule has 0 saturated carbocycles. The number of Topliss-reactive ketones (excluding diaryl/α,β-unsaturated/α-hetero) is 1. The van der Waals surface area contributed by atoms with Gasteiger partial charge in [0.1, 0.15) is 0 Å². The summed E-state index contributed by atoms with van der Waals surface area (Å²) in [5, 5.41) is 0. The molecule has 0 aliphatic heterocycles. The highest BCUT2D eigenvalue weighted by atomic mass is 16.5. The largest absolute Gasteiger partial charge is 0.463 e. The van der Waals surface area contributed by atoms with E-state index >= 15 is 0 Å². The summed E-state index contributed by atoms with van der Waals surface area (Å²) >= 11 is 0. The van der Waals surface area contributed by atoms with Gasteiger partial charge in [-0.1, -0.05) is 24.3 Å². The van der Waals surface area contributed by atoms with Gasteiger partial charge in [-0.05, 0) is 5.56 Å². The Bertz CT molecular complexity index is 353. The van der Waals surface area contributed by atoms with Crippen LogP contribution in [0.1, 0.15) is 15.9 Å². The van der Waals surface area contributed by atoms with Crippen molar-refractivity contribution in [2.75, 3.05) is 14.2 Å². The average Bonchev–Trinajstić information content (AvgIpc) is 2.28. The van der Waals surface area contributed by atoms with Crippen LogP contribution in [0.5, 0.6) is 0 Å². The fraction of sp³-hybridized carbons (Fsp3) is 0.273. The second-order valence-corrected chi connectivity index (χ2v) is 2.95. The normalized spacial score (nSPS) is 9.73. The lowest BCUT2D eigenvalue weighted by molar-refractivity contribution is -0.135. The summed E-state index contributed by atoms with van der Waals surface area (Å²) in [5.74, 6) is -1.49. The summed E-state index contributed by atoms with van der Waals surface area (Å²) in [7, 11) is 2.77. The number of methoxy groups -OCH3 is 2. The van der Waals surface area contributed by atoms with E-state index in [0.717, 1.165) is 5.56 Å². The van der Waals surface area contributed by atoms with Crippen molar-refractivity contribution in [2.45, 2.75) is 6.61 Å². The van der Waals surface area contributed by atoms with E-state index in [0.29, 0.717) is 12.2 Å². The number of ketones is 1. The third kappa shape index (κ3) is 2.89. The minimum Gasteiger partial charge on any atom is -0.463 e. The Kier molecular flexibility index (Phi) is 4.00. The van der Waals surface area contributed by atoms with Crippen molar-refractivity contribution in [3.05, 3.63) is 35.4 Å². The molecule has 1 aromatic carbocycles. The van der Waals surface area contributed by atoms with Crippen molar-refractivity contribution in [1.82, 2.24) is 0 Å². The van der Waals surface area contributed by atoms with Gasteiger partial charge in [0.2, 0.25) is 0 Å². The molecule has 0 N–H and O–H groups in total. The van der Waals surface area contributed by atoms with Gasteiger partial charge in [-0.25, -0.2) is 4.79 Å². The number of esters is 1. The quantitative estimate of drug-likeness (QED) is 0.423. The van der Waals surface area contributed by atoms with E-state index in [1.165, 1.54) is 7.11 Å². The van der Waals surface area contributed by atoms with E-state index in [2.05, 4.69) is 4.74 Å². The Morgan fingerprint density at radius 2 is 1.73 bits per heavy atom. The molecule has 0 bridgehead atoms. The standard InChI is InChI=1S/C11H12O4/c1-14-7-8-3-5-9(6-4-8)10(12)11(13)15-2/h3-6H,7H2,1-2H3. The van der Waals surface area contributed by atoms with Crippen LogP contribution in [0.3, 0.4) is 0 Å². The monoisotopic (exact) mass is 208 g/mol. The molecular formula is C11H12O4. The Balaban J connectivity index is 2.80. The first-order valence-electron chi connectivity index (χ1n) is 4.39. The molecule has 80 valence electrons. The molecule has 0 aliphatic rings. The Labute approximate surface area is 87.8 Å². The number of hydrogen-bond acceptors (Lipinski definition) is 4. The van der Waals surface area contributed by atoms with Crippen molar-refractivity contribution in [3.63, 3.8) is 0 Å². The summed E-state index contributed by atoms with van der Waals surface area (Å²) in [6.45, 7) is 0.479. The van der Waals surface area contributed by atoms with Crippen LogP contribution in [0.25, 0.3) is 0 Å². The van der Waals surface area contributed by atoms with Crippen molar-refractivity contribution in [2.24, 2.45) is 0 Å². The van der Waals surface area contributed by atoms with Crippen molar-refractivity contribution in [1.29, 1.82) is 0 Å². The molecule has 0 heterocycles. The first-order chi connectivity index (χ1) is 7.19. The van der Waals surface area contributed by atoms with E-state index in [9.17, 15) is 9.59 Å². The third-order valence-corrected chi connectivity index (χ3v) is 1.90. The second-order valence-electron chi connectivity index (χ2n) is 2.95. The summed E-state index contributed by atoms with van der Waals surface area (Å²) in [5.41, 5.74) is 1.26. The van der Waals surface area contributed by atoms with Crippen LogP contribution in [0.2, 0.25) is 0 Å². The molecule has 0 spiro atoms. The summed E-state index contributed by atoms with van der Waals surface area (Å²) < 4.78 is 9.25. The predicted octanol–water partition coefficient (Wildman–Crippen LogP) is 1.19. The van der Waals surface area contributed by atoms with Gasteiger partial charge in [-0.3, -0.25) is 4.79 Å². The van der Waals surface area contributed by atoms with Gasteiger partial charge in [0.25, 0.3) is 5.78 Å². The maximum absolute atomic E-state index is 11.3. The van der Waals surface area contributed by atoms with E-state index in [-0.39, 0.29) is 0 Å². The smallest absolute Gasteiger partial charge is 0.379 e. The van der Waals surface area contributed by atoms with E-state index in [1.807, 2.05) is 0 Å². The first-order valence-corrected chi connectivity index (χ1v) is 4.39. The lowest BCUT2D eigenvalue weighted by atomic mass is 10.1. The zero-order valence-electron chi connectivity index (χ0n) is 8.65. The molecule has 0 atom stereocenters. The van der Waals surface area contributed by atoms with Gasteiger partial charge < -0.3 is 9.47 Å². The van der Waals surface area contributed by atoms with Gasteiger partial charge in [0, 0.05) is 12.7 Å². The maximum Gasteiger partial charge on any atom is 0.379 e. The molecule has 0 radical (unpaired) electrons. The van der Waals surface area contributed by atoms with Crippen LogP contribution in [0.4, 0.5) is 0 Å².